The van der Waals surface area contributed by atoms with Crippen molar-refractivity contribution in [3.05, 3.63) is 151 Å². The average molecular weight is 833 g/mol. The van der Waals surface area contributed by atoms with Crippen LogP contribution in [0.4, 0.5) is 17.2 Å². The number of rotatable bonds is 8. The van der Waals surface area contributed by atoms with Crippen LogP contribution in [0.2, 0.25) is 0 Å². The van der Waals surface area contributed by atoms with Crippen LogP contribution in [0.15, 0.2) is 132 Å². The Labute approximate surface area is 306 Å². The van der Waals surface area contributed by atoms with Gasteiger partial charge in [-0.15, -0.1) is 53.1 Å². The van der Waals surface area contributed by atoms with E-state index < -0.39 is 0 Å². The normalized spacial score (nSPS) is 11.4. The summed E-state index contributed by atoms with van der Waals surface area (Å²) in [4.78, 5) is 7.34. The molecule has 0 aliphatic rings. The molecule has 5 aromatic carbocycles. The van der Waals surface area contributed by atoms with Crippen molar-refractivity contribution in [3.63, 3.8) is 0 Å². The van der Waals surface area contributed by atoms with E-state index in [-0.39, 0.29) is 21.1 Å². The molecule has 0 amide bonds. The Morgan fingerprint density at radius 1 is 0.720 bits per heavy atom. The van der Waals surface area contributed by atoms with Gasteiger partial charge in [-0.1, -0.05) is 105 Å². The number of anilines is 3. The van der Waals surface area contributed by atoms with Gasteiger partial charge in [-0.3, -0.25) is 4.98 Å². The first kappa shape index (κ1) is 33.2. The Morgan fingerprint density at radius 3 is 2.22 bits per heavy atom. The number of nitrogens with zero attached hydrogens (tertiary/aromatic N) is 5. The molecule has 8 rings (SSSR count). The maximum atomic E-state index is 6.35. The molecule has 50 heavy (non-hydrogen) atoms. The first-order chi connectivity index (χ1) is 24.0. The molecule has 248 valence electrons. The zero-order valence-corrected chi connectivity index (χ0v) is 30.5. The van der Waals surface area contributed by atoms with Gasteiger partial charge in [0.1, 0.15) is 17.7 Å². The first-order valence-electron chi connectivity index (χ1n) is 16.7. The second kappa shape index (κ2) is 13.9. The van der Waals surface area contributed by atoms with Gasteiger partial charge in [-0.25, -0.2) is 0 Å². The third kappa shape index (κ3) is 5.94. The van der Waals surface area contributed by atoms with Crippen molar-refractivity contribution in [2.45, 2.75) is 39.5 Å². The monoisotopic (exact) mass is 832 g/mol. The number of benzene rings is 5. The number of para-hydroxylation sites is 3. The summed E-state index contributed by atoms with van der Waals surface area (Å²) in [5, 5.41) is 11.2. The van der Waals surface area contributed by atoms with Crippen LogP contribution >= 0.6 is 0 Å². The van der Waals surface area contributed by atoms with Crippen molar-refractivity contribution in [3.8, 4) is 28.3 Å². The van der Waals surface area contributed by atoms with Crippen molar-refractivity contribution in [2.24, 2.45) is 0 Å². The molecule has 0 bridgehead atoms. The maximum absolute atomic E-state index is 6.35. The Hall–Kier alpha value is -5.32. The number of furan rings is 1. The number of fused-ring (bicyclic) bond motifs is 3. The smallest absolute Gasteiger partial charge is 0.501 e. The molecule has 3 aromatic heterocycles. The van der Waals surface area contributed by atoms with Gasteiger partial charge in [-0.2, -0.15) is 5.10 Å². The van der Waals surface area contributed by atoms with Crippen molar-refractivity contribution < 1.29 is 25.5 Å². The largest absolute Gasteiger partial charge is 2.00 e. The molecular weight excluding hydrogens is 798 g/mol. The van der Waals surface area contributed by atoms with E-state index in [1.807, 2.05) is 85.2 Å². The molecule has 8 aromatic rings. The van der Waals surface area contributed by atoms with Crippen LogP contribution in [-0.4, -0.2) is 19.7 Å². The summed E-state index contributed by atoms with van der Waals surface area (Å²) in [5.41, 5.74) is 9.47. The van der Waals surface area contributed by atoms with E-state index in [0.29, 0.717) is 11.8 Å². The van der Waals surface area contributed by atoms with Crippen LogP contribution in [0.5, 0.6) is 0 Å². The molecule has 0 spiro atoms. The van der Waals surface area contributed by atoms with Crippen molar-refractivity contribution in [1.82, 2.24) is 19.7 Å². The van der Waals surface area contributed by atoms with Gasteiger partial charge in [0, 0.05) is 16.8 Å². The molecule has 0 atom stereocenters. The summed E-state index contributed by atoms with van der Waals surface area (Å²) in [6.45, 7) is 8.91. The molecule has 0 unspecified atom stereocenters. The maximum Gasteiger partial charge on any atom is 2.00 e. The number of hydrogen-bond donors (Lipinski definition) is 0. The van der Waals surface area contributed by atoms with Crippen LogP contribution in [0.3, 0.4) is 0 Å². The zero-order chi connectivity index (χ0) is 33.5. The quantitative estimate of drug-likeness (QED) is 0.143. The van der Waals surface area contributed by atoms with E-state index in [4.69, 9.17) is 9.40 Å². The van der Waals surface area contributed by atoms with Gasteiger partial charge in [0.05, 0.1) is 11.4 Å². The van der Waals surface area contributed by atoms with E-state index >= 15 is 0 Å². The SMILES string of the molecule is CC(C)c1cccc(C(C)C)c1-n1cnnc1-c1[c-]c(N(c2ccccc2)c2cccc(-c3[c-]ccc4c3oc3ccccc34)n2)ccc1.[Pt+2]. The first-order valence-corrected chi connectivity index (χ1v) is 16.7. The molecule has 0 fully saturated rings. The zero-order valence-electron chi connectivity index (χ0n) is 28.2. The van der Waals surface area contributed by atoms with Crippen LogP contribution in [0.1, 0.15) is 50.7 Å². The predicted octanol–water partition coefficient (Wildman–Crippen LogP) is 11.2. The molecule has 0 aliphatic heterocycles. The molecule has 0 saturated carbocycles. The fraction of sp³-hybridized carbons (Fsp3) is 0.140. The molecule has 0 N–H and O–H groups in total. The van der Waals surface area contributed by atoms with Crippen molar-refractivity contribution in [1.29, 1.82) is 0 Å². The van der Waals surface area contributed by atoms with Crippen molar-refractivity contribution >= 4 is 39.1 Å². The third-order valence-electron chi connectivity index (χ3n) is 8.97. The minimum atomic E-state index is 0. The van der Waals surface area contributed by atoms with Gasteiger partial charge in [0.2, 0.25) is 0 Å². The minimum absolute atomic E-state index is 0. The van der Waals surface area contributed by atoms with E-state index in [1.54, 1.807) is 0 Å². The van der Waals surface area contributed by atoms with Gasteiger partial charge in [-0.05, 0) is 58.6 Å². The summed E-state index contributed by atoms with van der Waals surface area (Å²) >= 11 is 0. The average Bonchev–Trinajstić information content (AvgIpc) is 3.78. The Balaban J connectivity index is 0.00000392. The van der Waals surface area contributed by atoms with E-state index in [1.165, 1.54) is 11.1 Å². The fourth-order valence-electron chi connectivity index (χ4n) is 6.63. The second-order valence-electron chi connectivity index (χ2n) is 12.8. The molecule has 6 nitrogen and oxygen atoms in total. The topological polar surface area (TPSA) is 60.0 Å². The fourth-order valence-corrected chi connectivity index (χ4v) is 6.63. The summed E-state index contributed by atoms with van der Waals surface area (Å²) in [5.74, 6) is 2.13. The molecule has 0 radical (unpaired) electrons. The molecule has 0 aliphatic carbocycles. The Bertz CT molecular complexity index is 2400. The van der Waals surface area contributed by atoms with Crippen LogP contribution in [0.25, 0.3) is 50.3 Å². The van der Waals surface area contributed by atoms with Crippen LogP contribution in [-0.2, 0) is 21.1 Å². The van der Waals surface area contributed by atoms with Gasteiger partial charge < -0.3 is 13.9 Å². The Morgan fingerprint density at radius 2 is 1.44 bits per heavy atom. The van der Waals surface area contributed by atoms with E-state index in [0.717, 1.165) is 67.5 Å². The van der Waals surface area contributed by atoms with Crippen LogP contribution in [0, 0.1) is 12.1 Å². The molecular formula is C43H35N5OPt. The van der Waals surface area contributed by atoms with E-state index in [9.17, 15) is 0 Å². The summed E-state index contributed by atoms with van der Waals surface area (Å²) in [6, 6.07) is 48.2. The van der Waals surface area contributed by atoms with E-state index in [2.05, 4.69) is 102 Å². The summed E-state index contributed by atoms with van der Waals surface area (Å²) in [7, 11) is 0. The molecule has 3 heterocycles. The number of hydrogen-bond acceptors (Lipinski definition) is 5. The van der Waals surface area contributed by atoms with Gasteiger partial charge >= 0.3 is 21.1 Å². The standard InChI is InChI=1S/C43H35N5O.Pt/c1-28(2)33-19-11-20-34(29(3)4)41(33)47-27-44-46-43(47)30-14-10-17-32(26-30)48(31-15-6-5-7-16-31)40-25-13-23-38(45-40)37-22-12-21-36-35-18-8-9-24-39(35)49-42(36)37;/h5-21,23-25,27-29H,1-4H3;/q-2;+2. The molecule has 7 heteroatoms. The molecule has 0 saturated heterocycles. The minimum Gasteiger partial charge on any atom is -0.501 e. The third-order valence-corrected chi connectivity index (χ3v) is 8.97. The van der Waals surface area contributed by atoms with Crippen LogP contribution < -0.4 is 4.90 Å². The van der Waals surface area contributed by atoms with Gasteiger partial charge in [0.25, 0.3) is 0 Å². The second-order valence-corrected chi connectivity index (χ2v) is 12.8. The number of aromatic nitrogens is 4. The van der Waals surface area contributed by atoms with Gasteiger partial charge in [0.15, 0.2) is 0 Å². The summed E-state index contributed by atoms with van der Waals surface area (Å²) < 4.78 is 8.47. The summed E-state index contributed by atoms with van der Waals surface area (Å²) in [6.07, 6.45) is 1.82. The Kier molecular flexibility index (Phi) is 9.22. The predicted molar refractivity (Wildman–Crippen MR) is 198 cm³/mol. The van der Waals surface area contributed by atoms with Crippen molar-refractivity contribution in [2.75, 3.05) is 4.90 Å². The number of pyridine rings is 1.